The Kier molecular flexibility index (Phi) is 7.09. The fourth-order valence-corrected chi connectivity index (χ4v) is 4.73. The van der Waals surface area contributed by atoms with E-state index < -0.39 is 0 Å². The quantitative estimate of drug-likeness (QED) is 0.567. The van der Waals surface area contributed by atoms with E-state index in [-0.39, 0.29) is 6.10 Å². The summed E-state index contributed by atoms with van der Waals surface area (Å²) >= 11 is 0. The Morgan fingerprint density at radius 3 is 2.55 bits per heavy atom. The number of hydrogen-bond donors (Lipinski definition) is 2. The summed E-state index contributed by atoms with van der Waals surface area (Å²) in [6, 6.07) is 10.2. The summed E-state index contributed by atoms with van der Waals surface area (Å²) in [5, 5.41) is 7.17. The second kappa shape index (κ2) is 9.94. The second-order valence-corrected chi connectivity index (χ2v) is 9.01. The molecule has 3 aliphatic rings. The smallest absolute Gasteiger partial charge is 0.191 e. The minimum atomic E-state index is 0.165. The van der Waals surface area contributed by atoms with Crippen molar-refractivity contribution in [2.45, 2.75) is 70.6 Å². The summed E-state index contributed by atoms with van der Waals surface area (Å²) in [4.78, 5) is 7.67. The third-order valence-electron chi connectivity index (χ3n) is 6.61. The first-order chi connectivity index (χ1) is 14.2. The summed E-state index contributed by atoms with van der Waals surface area (Å²) in [5.41, 5.74) is 2.59. The van der Waals surface area contributed by atoms with Crippen molar-refractivity contribution in [2.75, 3.05) is 32.8 Å². The minimum absolute atomic E-state index is 0.165. The molecule has 1 aromatic carbocycles. The minimum Gasteiger partial charge on any atom is -0.373 e. The standard InChI is InChI=1S/C24H38N4O/c1-3-25-24(27-21-12-14-28(15-13-21)22-10-11-22)26-17-20-5-4-16-29-23(20)19-8-6-18(2)7-9-19/h6-9,20-23H,3-5,10-17H2,1-2H3,(H2,25,26,27). The molecule has 0 aromatic heterocycles. The molecule has 1 aromatic rings. The molecule has 2 saturated heterocycles. The van der Waals surface area contributed by atoms with E-state index in [1.54, 1.807) is 0 Å². The van der Waals surface area contributed by atoms with Gasteiger partial charge in [-0.2, -0.15) is 0 Å². The average molecular weight is 399 g/mol. The largest absolute Gasteiger partial charge is 0.373 e. The fraction of sp³-hybridized carbons (Fsp3) is 0.708. The first-order valence-electron chi connectivity index (χ1n) is 11.7. The number of ether oxygens (including phenoxy) is 1. The maximum absolute atomic E-state index is 6.18. The van der Waals surface area contributed by atoms with Crippen molar-refractivity contribution in [3.63, 3.8) is 0 Å². The van der Waals surface area contributed by atoms with Crippen LogP contribution in [0.4, 0.5) is 0 Å². The van der Waals surface area contributed by atoms with Gasteiger partial charge >= 0.3 is 0 Å². The lowest BCUT2D eigenvalue weighted by atomic mass is 9.89. The van der Waals surface area contributed by atoms with Crippen LogP contribution in [0.15, 0.2) is 29.3 Å². The molecule has 0 amide bonds. The predicted octanol–water partition coefficient (Wildman–Crippen LogP) is 3.64. The van der Waals surface area contributed by atoms with Gasteiger partial charge in [-0.1, -0.05) is 29.8 Å². The number of nitrogens with one attached hydrogen (secondary N) is 2. The number of piperidine rings is 1. The lowest BCUT2D eigenvalue weighted by Gasteiger charge is -2.33. The van der Waals surface area contributed by atoms with Gasteiger partial charge in [-0.05, 0) is 57.9 Å². The lowest BCUT2D eigenvalue weighted by molar-refractivity contribution is -0.0250. The van der Waals surface area contributed by atoms with Crippen LogP contribution in [0, 0.1) is 12.8 Å². The Hall–Kier alpha value is -1.59. The van der Waals surface area contributed by atoms with Gasteiger partial charge in [0.2, 0.25) is 0 Å². The van der Waals surface area contributed by atoms with E-state index >= 15 is 0 Å². The number of aryl methyl sites for hydroxylation is 1. The van der Waals surface area contributed by atoms with Gasteiger partial charge in [0.05, 0.1) is 6.10 Å². The molecule has 0 radical (unpaired) electrons. The van der Waals surface area contributed by atoms with Crippen LogP contribution in [0.1, 0.15) is 62.7 Å². The Bertz CT molecular complexity index is 662. The zero-order chi connectivity index (χ0) is 20.1. The number of benzene rings is 1. The molecule has 2 heterocycles. The molecular weight excluding hydrogens is 360 g/mol. The maximum atomic E-state index is 6.18. The van der Waals surface area contributed by atoms with E-state index in [9.17, 15) is 0 Å². The van der Waals surface area contributed by atoms with Crippen LogP contribution < -0.4 is 10.6 Å². The van der Waals surface area contributed by atoms with Crippen LogP contribution in [0.25, 0.3) is 0 Å². The maximum Gasteiger partial charge on any atom is 0.191 e. The van der Waals surface area contributed by atoms with E-state index in [4.69, 9.17) is 9.73 Å². The van der Waals surface area contributed by atoms with Crippen LogP contribution in [-0.2, 0) is 4.74 Å². The van der Waals surface area contributed by atoms with Gasteiger partial charge in [-0.3, -0.25) is 4.99 Å². The molecular formula is C24H38N4O. The van der Waals surface area contributed by atoms with Gasteiger partial charge in [0.1, 0.15) is 0 Å². The zero-order valence-corrected chi connectivity index (χ0v) is 18.2. The van der Waals surface area contributed by atoms with Crippen molar-refractivity contribution in [1.29, 1.82) is 0 Å². The third kappa shape index (κ3) is 5.73. The van der Waals surface area contributed by atoms with Gasteiger partial charge < -0.3 is 20.3 Å². The highest BCUT2D eigenvalue weighted by Crippen LogP contribution is 2.34. The summed E-state index contributed by atoms with van der Waals surface area (Å²) in [6.07, 6.45) is 7.74. The van der Waals surface area contributed by atoms with Crippen LogP contribution in [0.5, 0.6) is 0 Å². The average Bonchev–Trinajstić information content (AvgIpc) is 3.59. The summed E-state index contributed by atoms with van der Waals surface area (Å²) in [5.74, 6) is 1.42. The Morgan fingerprint density at radius 1 is 1.10 bits per heavy atom. The van der Waals surface area contributed by atoms with Gasteiger partial charge in [0.15, 0.2) is 5.96 Å². The predicted molar refractivity (Wildman–Crippen MR) is 119 cm³/mol. The number of hydrogen-bond acceptors (Lipinski definition) is 3. The Morgan fingerprint density at radius 2 is 1.86 bits per heavy atom. The van der Waals surface area contributed by atoms with Crippen molar-refractivity contribution in [3.05, 3.63) is 35.4 Å². The normalized spacial score (nSPS) is 27.0. The fourth-order valence-electron chi connectivity index (χ4n) is 4.73. The van der Waals surface area contributed by atoms with E-state index in [1.165, 1.54) is 56.3 Å². The van der Waals surface area contributed by atoms with Crippen molar-refractivity contribution in [1.82, 2.24) is 15.5 Å². The van der Waals surface area contributed by atoms with E-state index in [0.717, 1.165) is 38.1 Å². The molecule has 2 N–H and O–H groups in total. The zero-order valence-electron chi connectivity index (χ0n) is 18.2. The van der Waals surface area contributed by atoms with Crippen LogP contribution >= 0.6 is 0 Å². The molecule has 2 atom stereocenters. The second-order valence-electron chi connectivity index (χ2n) is 9.01. The van der Waals surface area contributed by atoms with Gasteiger partial charge in [0, 0.05) is 50.8 Å². The molecule has 160 valence electrons. The topological polar surface area (TPSA) is 48.9 Å². The molecule has 5 nitrogen and oxygen atoms in total. The SMILES string of the molecule is CCNC(=NCC1CCCOC1c1ccc(C)cc1)NC1CCN(C2CC2)CC1. The first-order valence-corrected chi connectivity index (χ1v) is 11.7. The van der Waals surface area contributed by atoms with Gasteiger partial charge in [0.25, 0.3) is 0 Å². The van der Waals surface area contributed by atoms with Crippen LogP contribution in [0.3, 0.4) is 0 Å². The number of likely N-dealkylation sites (tertiary alicyclic amines) is 1. The molecule has 2 aliphatic heterocycles. The lowest BCUT2D eigenvalue weighted by Crippen LogP contribution is -2.49. The highest BCUT2D eigenvalue weighted by Gasteiger charge is 2.32. The van der Waals surface area contributed by atoms with Crippen LogP contribution in [0.2, 0.25) is 0 Å². The first kappa shape index (κ1) is 20.7. The highest BCUT2D eigenvalue weighted by atomic mass is 16.5. The molecule has 29 heavy (non-hydrogen) atoms. The van der Waals surface area contributed by atoms with Gasteiger partial charge in [-0.25, -0.2) is 0 Å². The monoisotopic (exact) mass is 398 g/mol. The van der Waals surface area contributed by atoms with E-state index in [1.807, 2.05) is 0 Å². The molecule has 3 fully saturated rings. The van der Waals surface area contributed by atoms with Gasteiger partial charge in [-0.15, -0.1) is 0 Å². The summed E-state index contributed by atoms with van der Waals surface area (Å²) in [6.45, 7) is 9.31. The van der Waals surface area contributed by atoms with E-state index in [2.05, 4.69) is 53.6 Å². The van der Waals surface area contributed by atoms with Crippen molar-refractivity contribution in [3.8, 4) is 0 Å². The summed E-state index contributed by atoms with van der Waals surface area (Å²) < 4.78 is 6.18. The van der Waals surface area contributed by atoms with E-state index in [0.29, 0.717) is 12.0 Å². The number of guanidine groups is 1. The van der Waals surface area contributed by atoms with Crippen LogP contribution in [-0.4, -0.2) is 55.7 Å². The number of rotatable bonds is 6. The molecule has 2 unspecified atom stereocenters. The Balaban J connectivity index is 1.35. The van der Waals surface area contributed by atoms with Crippen molar-refractivity contribution >= 4 is 5.96 Å². The molecule has 4 rings (SSSR count). The number of aliphatic imine (C=N–C) groups is 1. The molecule has 0 spiro atoms. The van der Waals surface area contributed by atoms with Crippen molar-refractivity contribution < 1.29 is 4.74 Å². The number of nitrogens with zero attached hydrogens (tertiary/aromatic N) is 2. The molecule has 1 aliphatic carbocycles. The summed E-state index contributed by atoms with van der Waals surface area (Å²) in [7, 11) is 0. The third-order valence-corrected chi connectivity index (χ3v) is 6.61. The molecule has 0 bridgehead atoms. The highest BCUT2D eigenvalue weighted by molar-refractivity contribution is 5.80. The molecule has 5 heteroatoms. The Labute approximate surface area is 176 Å². The van der Waals surface area contributed by atoms with Crippen molar-refractivity contribution in [2.24, 2.45) is 10.9 Å². The molecule has 1 saturated carbocycles.